The Hall–Kier alpha value is -2.56. The van der Waals surface area contributed by atoms with Crippen LogP contribution in [0.2, 0.25) is 0 Å². The fourth-order valence-electron chi connectivity index (χ4n) is 1.83. The molecule has 1 aromatic carbocycles. The zero-order valence-corrected chi connectivity index (χ0v) is 9.04. The lowest BCUT2D eigenvalue weighted by Crippen LogP contribution is -2.00. The Morgan fingerprint density at radius 1 is 1.06 bits per heavy atom. The first kappa shape index (κ1) is 9.65. The number of imidazole rings is 1. The van der Waals surface area contributed by atoms with Gasteiger partial charge < -0.3 is 11.5 Å². The predicted octanol–water partition coefficient (Wildman–Crippen LogP) is 1.58. The molecule has 3 rings (SSSR count). The minimum atomic E-state index is 0.476. The van der Waals surface area contributed by atoms with E-state index >= 15 is 0 Å². The Labute approximate surface area is 97.7 Å². The van der Waals surface area contributed by atoms with E-state index in [1.54, 1.807) is 12.5 Å². The molecule has 3 aromatic rings. The molecule has 0 aliphatic rings. The number of fused-ring (bicyclic) bond motifs is 1. The van der Waals surface area contributed by atoms with Crippen molar-refractivity contribution in [1.82, 2.24) is 14.5 Å². The third-order valence-corrected chi connectivity index (χ3v) is 2.65. The van der Waals surface area contributed by atoms with E-state index in [1.807, 2.05) is 34.9 Å². The van der Waals surface area contributed by atoms with E-state index in [9.17, 15) is 0 Å². The molecule has 0 amide bonds. The summed E-state index contributed by atoms with van der Waals surface area (Å²) in [6.07, 6.45) is 3.38. The van der Waals surface area contributed by atoms with Gasteiger partial charge in [-0.05, 0) is 30.3 Å². The SMILES string of the molecule is Nc1ccc2c(c1)ncn2-c1cccnc1N. The average molecular weight is 225 g/mol. The van der Waals surface area contributed by atoms with E-state index in [0.29, 0.717) is 11.5 Å². The number of rotatable bonds is 1. The number of pyridine rings is 1. The minimum absolute atomic E-state index is 0.476. The van der Waals surface area contributed by atoms with Gasteiger partial charge in [-0.25, -0.2) is 9.97 Å². The van der Waals surface area contributed by atoms with Gasteiger partial charge in [-0.1, -0.05) is 0 Å². The van der Waals surface area contributed by atoms with Crippen LogP contribution in [0.25, 0.3) is 16.7 Å². The molecule has 0 bridgehead atoms. The number of nitrogen functional groups attached to an aromatic ring is 2. The van der Waals surface area contributed by atoms with Crippen molar-refractivity contribution in [2.24, 2.45) is 0 Å². The van der Waals surface area contributed by atoms with Crippen molar-refractivity contribution in [3.63, 3.8) is 0 Å². The van der Waals surface area contributed by atoms with Gasteiger partial charge in [0.25, 0.3) is 0 Å². The van der Waals surface area contributed by atoms with Crippen molar-refractivity contribution in [2.45, 2.75) is 0 Å². The first-order chi connectivity index (χ1) is 8.25. The first-order valence-electron chi connectivity index (χ1n) is 5.19. The number of aromatic nitrogens is 3. The molecule has 0 unspecified atom stereocenters. The second-order valence-corrected chi connectivity index (χ2v) is 3.77. The van der Waals surface area contributed by atoms with Gasteiger partial charge in [0.05, 0.1) is 16.7 Å². The van der Waals surface area contributed by atoms with Crippen LogP contribution in [-0.4, -0.2) is 14.5 Å². The molecule has 0 atom stereocenters. The standard InChI is InChI=1S/C12H11N5/c13-8-3-4-10-9(6-8)16-7-17(10)11-2-1-5-15-12(11)14/h1-7H,13H2,(H2,14,15). The Morgan fingerprint density at radius 2 is 1.94 bits per heavy atom. The number of anilines is 2. The predicted molar refractivity (Wildman–Crippen MR) is 67.7 cm³/mol. The van der Waals surface area contributed by atoms with Crippen LogP contribution in [-0.2, 0) is 0 Å². The van der Waals surface area contributed by atoms with Gasteiger partial charge in [-0.15, -0.1) is 0 Å². The highest BCUT2D eigenvalue weighted by Gasteiger charge is 2.07. The second kappa shape index (κ2) is 3.48. The van der Waals surface area contributed by atoms with Gasteiger partial charge in [0, 0.05) is 11.9 Å². The Bertz CT molecular complexity index is 686. The van der Waals surface area contributed by atoms with Gasteiger partial charge in [-0.3, -0.25) is 4.57 Å². The van der Waals surface area contributed by atoms with Gasteiger partial charge in [0.1, 0.15) is 12.1 Å². The summed E-state index contributed by atoms with van der Waals surface area (Å²) in [5.41, 5.74) is 14.9. The van der Waals surface area contributed by atoms with Crippen LogP contribution in [0.4, 0.5) is 11.5 Å². The van der Waals surface area contributed by atoms with Crippen LogP contribution in [0.3, 0.4) is 0 Å². The molecule has 0 aliphatic carbocycles. The number of benzene rings is 1. The molecule has 0 aliphatic heterocycles. The third kappa shape index (κ3) is 1.48. The fourth-order valence-corrected chi connectivity index (χ4v) is 1.83. The van der Waals surface area contributed by atoms with Crippen LogP contribution in [0.15, 0.2) is 42.9 Å². The van der Waals surface area contributed by atoms with E-state index in [1.165, 1.54) is 0 Å². The second-order valence-electron chi connectivity index (χ2n) is 3.77. The largest absolute Gasteiger partial charge is 0.399 e. The maximum atomic E-state index is 5.85. The maximum Gasteiger partial charge on any atom is 0.147 e. The molecule has 17 heavy (non-hydrogen) atoms. The van der Waals surface area contributed by atoms with E-state index < -0.39 is 0 Å². The molecule has 5 heteroatoms. The molecule has 2 heterocycles. The average Bonchev–Trinajstić information content (AvgIpc) is 2.72. The van der Waals surface area contributed by atoms with Crippen LogP contribution in [0.5, 0.6) is 0 Å². The molecule has 0 spiro atoms. The molecule has 5 nitrogen and oxygen atoms in total. The molecular weight excluding hydrogens is 214 g/mol. The Balaban J connectivity index is 2.29. The van der Waals surface area contributed by atoms with E-state index in [4.69, 9.17) is 11.5 Å². The van der Waals surface area contributed by atoms with E-state index in [-0.39, 0.29) is 0 Å². The van der Waals surface area contributed by atoms with Crippen molar-refractivity contribution in [1.29, 1.82) is 0 Å². The van der Waals surface area contributed by atoms with Gasteiger partial charge in [-0.2, -0.15) is 0 Å². The zero-order chi connectivity index (χ0) is 11.8. The van der Waals surface area contributed by atoms with E-state index in [0.717, 1.165) is 16.7 Å². The Kier molecular flexibility index (Phi) is 1.98. The summed E-state index contributed by atoms with van der Waals surface area (Å²) in [5.74, 6) is 0.476. The summed E-state index contributed by atoms with van der Waals surface area (Å²) in [4.78, 5) is 8.36. The zero-order valence-electron chi connectivity index (χ0n) is 9.04. The van der Waals surface area contributed by atoms with Crippen LogP contribution in [0.1, 0.15) is 0 Å². The number of hydrogen-bond donors (Lipinski definition) is 2. The lowest BCUT2D eigenvalue weighted by molar-refractivity contribution is 1.08. The topological polar surface area (TPSA) is 82.8 Å². The summed E-state index contributed by atoms with van der Waals surface area (Å²) in [5, 5.41) is 0. The molecule has 4 N–H and O–H groups in total. The number of nitrogens with zero attached hydrogens (tertiary/aromatic N) is 3. The lowest BCUT2D eigenvalue weighted by atomic mass is 10.2. The number of hydrogen-bond acceptors (Lipinski definition) is 4. The maximum absolute atomic E-state index is 5.85. The summed E-state index contributed by atoms with van der Waals surface area (Å²) in [6.45, 7) is 0. The monoisotopic (exact) mass is 225 g/mol. The highest BCUT2D eigenvalue weighted by atomic mass is 15.1. The fraction of sp³-hybridized carbons (Fsp3) is 0. The summed E-state index contributed by atoms with van der Waals surface area (Å²) in [6, 6.07) is 9.34. The number of nitrogens with two attached hydrogens (primary N) is 2. The normalized spacial score (nSPS) is 10.8. The van der Waals surface area contributed by atoms with Crippen LogP contribution >= 0.6 is 0 Å². The van der Waals surface area contributed by atoms with Crippen molar-refractivity contribution < 1.29 is 0 Å². The smallest absolute Gasteiger partial charge is 0.147 e. The van der Waals surface area contributed by atoms with Crippen molar-refractivity contribution in [3.05, 3.63) is 42.9 Å². The Morgan fingerprint density at radius 3 is 2.76 bits per heavy atom. The quantitative estimate of drug-likeness (QED) is 0.616. The molecule has 0 radical (unpaired) electrons. The van der Waals surface area contributed by atoms with Crippen LogP contribution < -0.4 is 11.5 Å². The third-order valence-electron chi connectivity index (χ3n) is 2.65. The molecule has 0 fully saturated rings. The van der Waals surface area contributed by atoms with Gasteiger partial charge in [0.2, 0.25) is 0 Å². The van der Waals surface area contributed by atoms with Crippen molar-refractivity contribution >= 4 is 22.5 Å². The lowest BCUT2D eigenvalue weighted by Gasteiger charge is -2.06. The van der Waals surface area contributed by atoms with Gasteiger partial charge >= 0.3 is 0 Å². The summed E-state index contributed by atoms with van der Waals surface area (Å²) in [7, 11) is 0. The molecule has 84 valence electrons. The minimum Gasteiger partial charge on any atom is -0.399 e. The molecular formula is C12H11N5. The highest BCUT2D eigenvalue weighted by Crippen LogP contribution is 2.22. The highest BCUT2D eigenvalue weighted by molar-refractivity contribution is 5.81. The van der Waals surface area contributed by atoms with E-state index in [2.05, 4.69) is 9.97 Å². The summed E-state index contributed by atoms with van der Waals surface area (Å²) >= 11 is 0. The van der Waals surface area contributed by atoms with Crippen LogP contribution in [0, 0.1) is 0 Å². The molecule has 2 aromatic heterocycles. The van der Waals surface area contributed by atoms with Gasteiger partial charge in [0.15, 0.2) is 0 Å². The first-order valence-corrected chi connectivity index (χ1v) is 5.19. The molecule has 0 saturated heterocycles. The van der Waals surface area contributed by atoms with Crippen molar-refractivity contribution in [3.8, 4) is 5.69 Å². The molecule has 0 saturated carbocycles. The van der Waals surface area contributed by atoms with Crippen molar-refractivity contribution in [2.75, 3.05) is 11.5 Å². The summed E-state index contributed by atoms with van der Waals surface area (Å²) < 4.78 is 1.90.